The SMILES string of the molecule is CCCN(CCC)c1ncc(C(=O)Nc2cc(OC)ccc2OC)cn1. The van der Waals surface area contributed by atoms with Gasteiger partial charge in [0.2, 0.25) is 5.95 Å². The lowest BCUT2D eigenvalue weighted by Gasteiger charge is -2.21. The first-order chi connectivity index (χ1) is 12.6. The molecule has 0 fully saturated rings. The molecule has 2 rings (SSSR count). The number of amides is 1. The molecule has 0 aliphatic rings. The van der Waals surface area contributed by atoms with Crippen LogP contribution in [-0.2, 0) is 0 Å². The van der Waals surface area contributed by atoms with E-state index in [1.807, 2.05) is 0 Å². The lowest BCUT2D eigenvalue weighted by molar-refractivity contribution is 0.102. The number of rotatable bonds is 9. The number of aromatic nitrogens is 2. The molecular formula is C19H26N4O3. The molecule has 0 unspecified atom stereocenters. The Bertz CT molecular complexity index is 713. The van der Waals surface area contributed by atoms with Gasteiger partial charge in [-0.2, -0.15) is 0 Å². The number of ether oxygens (including phenoxy) is 2. The van der Waals surface area contributed by atoms with Gasteiger partial charge in [0.15, 0.2) is 0 Å². The number of nitrogens with one attached hydrogen (secondary N) is 1. The second kappa shape index (κ2) is 9.60. The van der Waals surface area contributed by atoms with Gasteiger partial charge in [-0.3, -0.25) is 4.79 Å². The molecule has 1 aromatic heterocycles. The van der Waals surface area contributed by atoms with Crippen LogP contribution in [0.5, 0.6) is 11.5 Å². The van der Waals surface area contributed by atoms with E-state index in [1.165, 1.54) is 0 Å². The molecule has 0 atom stereocenters. The highest BCUT2D eigenvalue weighted by Gasteiger charge is 2.13. The topological polar surface area (TPSA) is 76.6 Å². The van der Waals surface area contributed by atoms with Crippen LogP contribution in [-0.4, -0.2) is 43.2 Å². The number of hydrogen-bond acceptors (Lipinski definition) is 6. The van der Waals surface area contributed by atoms with Crippen molar-refractivity contribution in [2.45, 2.75) is 26.7 Å². The van der Waals surface area contributed by atoms with Gasteiger partial charge >= 0.3 is 0 Å². The van der Waals surface area contributed by atoms with E-state index in [9.17, 15) is 4.79 Å². The normalized spacial score (nSPS) is 10.3. The fourth-order valence-electron chi connectivity index (χ4n) is 2.56. The van der Waals surface area contributed by atoms with E-state index in [2.05, 4.69) is 34.0 Å². The first-order valence-electron chi connectivity index (χ1n) is 8.73. The average molecular weight is 358 g/mol. The van der Waals surface area contributed by atoms with Crippen molar-refractivity contribution < 1.29 is 14.3 Å². The molecule has 1 aromatic carbocycles. The molecule has 0 aliphatic carbocycles. The third-order valence-electron chi connectivity index (χ3n) is 3.83. The maximum Gasteiger partial charge on any atom is 0.258 e. The summed E-state index contributed by atoms with van der Waals surface area (Å²) in [6, 6.07) is 5.21. The van der Waals surface area contributed by atoms with Gasteiger partial charge in [0.25, 0.3) is 5.91 Å². The van der Waals surface area contributed by atoms with E-state index >= 15 is 0 Å². The van der Waals surface area contributed by atoms with Crippen LogP contribution in [0.2, 0.25) is 0 Å². The molecule has 2 aromatic rings. The Kier molecular flexibility index (Phi) is 7.20. The zero-order valence-electron chi connectivity index (χ0n) is 15.8. The smallest absolute Gasteiger partial charge is 0.258 e. The third kappa shape index (κ3) is 4.84. The van der Waals surface area contributed by atoms with Gasteiger partial charge in [0, 0.05) is 31.5 Å². The summed E-state index contributed by atoms with van der Waals surface area (Å²) in [5, 5.41) is 2.81. The van der Waals surface area contributed by atoms with Crippen molar-refractivity contribution >= 4 is 17.5 Å². The molecule has 7 heteroatoms. The number of carbonyl (C=O) groups excluding carboxylic acids is 1. The minimum Gasteiger partial charge on any atom is -0.497 e. The van der Waals surface area contributed by atoms with Gasteiger partial charge in [-0.15, -0.1) is 0 Å². The van der Waals surface area contributed by atoms with Gasteiger partial charge in [0.1, 0.15) is 11.5 Å². The Morgan fingerprint density at radius 3 is 2.27 bits per heavy atom. The van der Waals surface area contributed by atoms with Crippen LogP contribution in [0.1, 0.15) is 37.0 Å². The van der Waals surface area contributed by atoms with Crippen molar-refractivity contribution in [3.63, 3.8) is 0 Å². The molecule has 0 radical (unpaired) electrons. The summed E-state index contributed by atoms with van der Waals surface area (Å²) in [6.45, 7) is 6.01. The van der Waals surface area contributed by atoms with E-state index in [4.69, 9.17) is 9.47 Å². The molecule has 1 heterocycles. The molecule has 0 saturated heterocycles. The molecule has 0 bridgehead atoms. The van der Waals surface area contributed by atoms with Gasteiger partial charge in [-0.25, -0.2) is 9.97 Å². The summed E-state index contributed by atoms with van der Waals surface area (Å²) in [4.78, 5) is 23.3. The second-order valence-electron chi connectivity index (χ2n) is 5.78. The first kappa shape index (κ1) is 19.5. The van der Waals surface area contributed by atoms with E-state index in [0.29, 0.717) is 28.7 Å². The summed E-state index contributed by atoms with van der Waals surface area (Å²) < 4.78 is 10.5. The van der Waals surface area contributed by atoms with Crippen LogP contribution >= 0.6 is 0 Å². The van der Waals surface area contributed by atoms with Crippen molar-refractivity contribution in [3.05, 3.63) is 36.2 Å². The van der Waals surface area contributed by atoms with E-state index < -0.39 is 0 Å². The standard InChI is InChI=1S/C19H26N4O3/c1-5-9-23(10-6-2)19-20-12-14(13-21-19)18(24)22-16-11-15(25-3)7-8-17(16)26-4/h7-8,11-13H,5-6,9-10H2,1-4H3,(H,22,24). The second-order valence-corrected chi connectivity index (χ2v) is 5.78. The Balaban J connectivity index is 2.15. The van der Waals surface area contributed by atoms with Crippen molar-refractivity contribution in [1.29, 1.82) is 0 Å². The van der Waals surface area contributed by atoms with Crippen molar-refractivity contribution in [1.82, 2.24) is 9.97 Å². The molecule has 140 valence electrons. The van der Waals surface area contributed by atoms with Crippen LogP contribution in [0.25, 0.3) is 0 Å². The van der Waals surface area contributed by atoms with Crippen LogP contribution < -0.4 is 19.7 Å². The fraction of sp³-hybridized carbons (Fsp3) is 0.421. The summed E-state index contributed by atoms with van der Waals surface area (Å²) in [7, 11) is 3.11. The lowest BCUT2D eigenvalue weighted by atomic mass is 10.2. The number of hydrogen-bond donors (Lipinski definition) is 1. The Morgan fingerprint density at radius 1 is 1.08 bits per heavy atom. The highest BCUT2D eigenvalue weighted by atomic mass is 16.5. The van der Waals surface area contributed by atoms with Crippen LogP contribution in [0.15, 0.2) is 30.6 Å². The van der Waals surface area contributed by atoms with E-state index in [-0.39, 0.29) is 5.91 Å². The molecule has 1 N–H and O–H groups in total. The van der Waals surface area contributed by atoms with Gasteiger partial charge in [-0.1, -0.05) is 13.8 Å². The largest absolute Gasteiger partial charge is 0.497 e. The van der Waals surface area contributed by atoms with Crippen LogP contribution in [0.3, 0.4) is 0 Å². The Hall–Kier alpha value is -2.83. The highest BCUT2D eigenvalue weighted by Crippen LogP contribution is 2.29. The minimum absolute atomic E-state index is 0.305. The molecule has 7 nitrogen and oxygen atoms in total. The number of methoxy groups -OCH3 is 2. The van der Waals surface area contributed by atoms with E-state index in [1.54, 1.807) is 44.8 Å². The zero-order chi connectivity index (χ0) is 18.9. The number of carbonyl (C=O) groups is 1. The van der Waals surface area contributed by atoms with Crippen molar-refractivity contribution in [2.75, 3.05) is 37.5 Å². The predicted octanol–water partition coefficient (Wildman–Crippen LogP) is 3.37. The summed E-state index contributed by atoms with van der Waals surface area (Å²) >= 11 is 0. The van der Waals surface area contributed by atoms with Crippen LogP contribution in [0.4, 0.5) is 11.6 Å². The van der Waals surface area contributed by atoms with E-state index in [0.717, 1.165) is 25.9 Å². The Labute approximate surface area is 154 Å². The summed E-state index contributed by atoms with van der Waals surface area (Å²) in [5.74, 6) is 1.51. The molecule has 0 saturated carbocycles. The Morgan fingerprint density at radius 2 is 1.73 bits per heavy atom. The minimum atomic E-state index is -0.305. The maximum absolute atomic E-state index is 12.5. The molecular weight excluding hydrogens is 332 g/mol. The fourth-order valence-corrected chi connectivity index (χ4v) is 2.56. The van der Waals surface area contributed by atoms with Crippen LogP contribution in [0, 0.1) is 0 Å². The summed E-state index contributed by atoms with van der Waals surface area (Å²) in [5.41, 5.74) is 0.908. The van der Waals surface area contributed by atoms with Gasteiger partial charge in [0.05, 0.1) is 25.5 Å². The van der Waals surface area contributed by atoms with Gasteiger partial charge < -0.3 is 19.7 Å². The molecule has 26 heavy (non-hydrogen) atoms. The monoisotopic (exact) mass is 358 g/mol. The number of anilines is 2. The maximum atomic E-state index is 12.5. The van der Waals surface area contributed by atoms with Crippen molar-refractivity contribution in [3.8, 4) is 11.5 Å². The zero-order valence-corrected chi connectivity index (χ0v) is 15.8. The lowest BCUT2D eigenvalue weighted by Crippen LogP contribution is -2.27. The third-order valence-corrected chi connectivity index (χ3v) is 3.83. The van der Waals surface area contributed by atoms with Crippen molar-refractivity contribution in [2.24, 2.45) is 0 Å². The summed E-state index contributed by atoms with van der Waals surface area (Å²) in [6.07, 6.45) is 5.12. The quantitative estimate of drug-likeness (QED) is 0.741. The average Bonchev–Trinajstić information content (AvgIpc) is 2.67. The molecule has 1 amide bonds. The number of nitrogens with zero attached hydrogens (tertiary/aromatic N) is 3. The number of benzene rings is 1. The van der Waals surface area contributed by atoms with Gasteiger partial charge in [-0.05, 0) is 25.0 Å². The molecule has 0 aliphatic heterocycles. The predicted molar refractivity (Wildman–Crippen MR) is 102 cm³/mol. The highest BCUT2D eigenvalue weighted by molar-refractivity contribution is 6.04. The molecule has 0 spiro atoms. The first-order valence-corrected chi connectivity index (χ1v) is 8.73.